The standard InChI is InChI=1S/C10H6F6N4/c11-9(12,13)5-2-19-20(4-5)7-1-8(10(14,15)16)18-3-6(7)17/h1-4H,17H2. The fraction of sp³-hybridized carbons (Fsp3) is 0.200. The molecule has 4 nitrogen and oxygen atoms in total. The first kappa shape index (κ1) is 14.2. The van der Waals surface area contributed by atoms with Crippen molar-refractivity contribution in [2.45, 2.75) is 12.4 Å². The van der Waals surface area contributed by atoms with Crippen molar-refractivity contribution in [3.63, 3.8) is 0 Å². The Morgan fingerprint density at radius 1 is 1.00 bits per heavy atom. The Hall–Kier alpha value is -2.26. The average molecular weight is 296 g/mol. The number of hydrogen-bond acceptors (Lipinski definition) is 3. The summed E-state index contributed by atoms with van der Waals surface area (Å²) in [5.41, 5.74) is 2.49. The fourth-order valence-electron chi connectivity index (χ4n) is 1.41. The van der Waals surface area contributed by atoms with Crippen molar-refractivity contribution < 1.29 is 26.3 Å². The number of aromatic nitrogens is 3. The number of anilines is 1. The van der Waals surface area contributed by atoms with Crippen molar-refractivity contribution in [1.82, 2.24) is 14.8 Å². The summed E-state index contributed by atoms with van der Waals surface area (Å²) < 4.78 is 75.3. The molecule has 0 atom stereocenters. The van der Waals surface area contributed by atoms with Gasteiger partial charge in [0.05, 0.1) is 29.3 Å². The number of nitrogens with zero attached hydrogens (tertiary/aromatic N) is 3. The van der Waals surface area contributed by atoms with Crippen LogP contribution in [-0.2, 0) is 12.4 Å². The third-order valence-corrected chi connectivity index (χ3v) is 2.36. The van der Waals surface area contributed by atoms with Gasteiger partial charge in [-0.25, -0.2) is 9.67 Å². The van der Waals surface area contributed by atoms with Crippen molar-refractivity contribution in [3.05, 3.63) is 35.9 Å². The lowest BCUT2D eigenvalue weighted by atomic mass is 10.2. The van der Waals surface area contributed by atoms with Crippen LogP contribution in [-0.4, -0.2) is 14.8 Å². The molecule has 0 unspecified atom stereocenters. The van der Waals surface area contributed by atoms with Gasteiger partial charge in [0.25, 0.3) is 0 Å². The highest BCUT2D eigenvalue weighted by Crippen LogP contribution is 2.32. The Morgan fingerprint density at radius 2 is 1.65 bits per heavy atom. The van der Waals surface area contributed by atoms with Crippen molar-refractivity contribution in [2.75, 3.05) is 5.73 Å². The van der Waals surface area contributed by atoms with Gasteiger partial charge in [-0.05, 0) is 6.07 Å². The van der Waals surface area contributed by atoms with Crippen molar-refractivity contribution in [3.8, 4) is 5.69 Å². The monoisotopic (exact) mass is 296 g/mol. The molecule has 0 amide bonds. The maximum atomic E-state index is 12.5. The van der Waals surface area contributed by atoms with Crippen molar-refractivity contribution >= 4 is 5.69 Å². The number of nitrogen functional groups attached to an aromatic ring is 1. The second-order valence-corrected chi connectivity index (χ2v) is 3.80. The predicted molar refractivity (Wildman–Crippen MR) is 55.8 cm³/mol. The molecule has 2 aromatic rings. The van der Waals surface area contributed by atoms with E-state index >= 15 is 0 Å². The second-order valence-electron chi connectivity index (χ2n) is 3.80. The number of hydrogen-bond donors (Lipinski definition) is 1. The van der Waals surface area contributed by atoms with Crippen LogP contribution in [0.3, 0.4) is 0 Å². The van der Waals surface area contributed by atoms with E-state index in [-0.39, 0.29) is 11.4 Å². The van der Waals surface area contributed by atoms with E-state index in [1.165, 1.54) is 0 Å². The van der Waals surface area contributed by atoms with E-state index in [2.05, 4.69) is 10.1 Å². The zero-order valence-electron chi connectivity index (χ0n) is 9.50. The normalized spacial score (nSPS) is 12.7. The van der Waals surface area contributed by atoms with Gasteiger partial charge in [-0.1, -0.05) is 0 Å². The molecule has 20 heavy (non-hydrogen) atoms. The van der Waals surface area contributed by atoms with Crippen LogP contribution in [0.1, 0.15) is 11.3 Å². The topological polar surface area (TPSA) is 56.7 Å². The molecule has 2 heterocycles. The van der Waals surface area contributed by atoms with Crippen LogP contribution in [0.4, 0.5) is 32.0 Å². The van der Waals surface area contributed by atoms with Gasteiger partial charge in [0.15, 0.2) is 0 Å². The van der Waals surface area contributed by atoms with Crippen LogP contribution < -0.4 is 5.73 Å². The van der Waals surface area contributed by atoms with E-state index in [0.717, 1.165) is 0 Å². The smallest absolute Gasteiger partial charge is 0.396 e. The van der Waals surface area contributed by atoms with Gasteiger partial charge < -0.3 is 5.73 Å². The molecule has 0 radical (unpaired) electrons. The van der Waals surface area contributed by atoms with E-state index < -0.39 is 23.6 Å². The maximum Gasteiger partial charge on any atom is 0.433 e. The van der Waals surface area contributed by atoms with Gasteiger partial charge in [-0.2, -0.15) is 31.4 Å². The minimum atomic E-state index is -4.73. The maximum absolute atomic E-state index is 12.5. The first-order valence-corrected chi connectivity index (χ1v) is 5.04. The Kier molecular flexibility index (Phi) is 3.11. The highest BCUT2D eigenvalue weighted by Gasteiger charge is 2.34. The first-order valence-electron chi connectivity index (χ1n) is 5.04. The Bertz CT molecular complexity index is 627. The SMILES string of the molecule is Nc1cnc(C(F)(F)F)cc1-n1cc(C(F)(F)F)cn1. The molecule has 0 fully saturated rings. The van der Waals surface area contributed by atoms with Crippen LogP contribution in [0.5, 0.6) is 0 Å². The van der Waals surface area contributed by atoms with Gasteiger partial charge in [0, 0.05) is 6.20 Å². The van der Waals surface area contributed by atoms with Crippen molar-refractivity contribution in [2.24, 2.45) is 0 Å². The van der Waals surface area contributed by atoms with E-state index in [0.29, 0.717) is 29.3 Å². The molecule has 0 bridgehead atoms. The first-order chi connectivity index (χ1) is 9.09. The minimum absolute atomic E-state index is 0.227. The van der Waals surface area contributed by atoms with Crippen LogP contribution in [0.25, 0.3) is 5.69 Å². The summed E-state index contributed by atoms with van der Waals surface area (Å²) in [5.74, 6) is 0. The largest absolute Gasteiger partial charge is 0.433 e. The molecule has 0 aliphatic carbocycles. The molecule has 0 saturated carbocycles. The molecule has 2 N–H and O–H groups in total. The molecule has 10 heteroatoms. The minimum Gasteiger partial charge on any atom is -0.396 e. The lowest BCUT2D eigenvalue weighted by Gasteiger charge is -2.10. The zero-order valence-corrected chi connectivity index (χ0v) is 9.50. The quantitative estimate of drug-likeness (QED) is 0.823. The summed E-state index contributed by atoms with van der Waals surface area (Å²) in [4.78, 5) is 3.08. The summed E-state index contributed by atoms with van der Waals surface area (Å²) in [5, 5.41) is 3.36. The molecule has 0 aromatic carbocycles. The number of nitrogens with two attached hydrogens (primary N) is 1. The average Bonchev–Trinajstić information content (AvgIpc) is 2.76. The van der Waals surface area contributed by atoms with Gasteiger partial charge in [-0.3, -0.25) is 0 Å². The van der Waals surface area contributed by atoms with Crippen LogP contribution in [0.15, 0.2) is 24.7 Å². The van der Waals surface area contributed by atoms with Crippen LogP contribution in [0.2, 0.25) is 0 Å². The lowest BCUT2D eigenvalue weighted by molar-refractivity contribution is -0.141. The van der Waals surface area contributed by atoms with Gasteiger partial charge in [-0.15, -0.1) is 0 Å². The Balaban J connectivity index is 2.50. The third-order valence-electron chi connectivity index (χ3n) is 2.36. The summed E-state index contributed by atoms with van der Waals surface area (Å²) in [7, 11) is 0. The summed E-state index contributed by atoms with van der Waals surface area (Å²) in [6, 6.07) is 0.530. The van der Waals surface area contributed by atoms with E-state index in [9.17, 15) is 26.3 Å². The van der Waals surface area contributed by atoms with E-state index in [4.69, 9.17) is 5.73 Å². The number of halogens is 6. The van der Waals surface area contributed by atoms with Crippen LogP contribution >= 0.6 is 0 Å². The third kappa shape index (κ3) is 2.68. The number of alkyl halides is 6. The van der Waals surface area contributed by atoms with Gasteiger partial charge >= 0.3 is 12.4 Å². The van der Waals surface area contributed by atoms with Crippen molar-refractivity contribution in [1.29, 1.82) is 0 Å². The summed E-state index contributed by atoms with van der Waals surface area (Å²) >= 11 is 0. The number of rotatable bonds is 1. The lowest BCUT2D eigenvalue weighted by Crippen LogP contribution is -2.11. The molecule has 0 aliphatic rings. The molecular weight excluding hydrogens is 290 g/mol. The van der Waals surface area contributed by atoms with Gasteiger partial charge in [0.2, 0.25) is 0 Å². The molecule has 2 rings (SSSR count). The predicted octanol–water partition coefficient (Wildman–Crippen LogP) is 2.89. The second kappa shape index (κ2) is 4.39. The van der Waals surface area contributed by atoms with E-state index in [1.807, 2.05) is 0 Å². The highest BCUT2D eigenvalue weighted by atomic mass is 19.4. The highest BCUT2D eigenvalue weighted by molar-refractivity contribution is 5.56. The molecule has 108 valence electrons. The fourth-order valence-corrected chi connectivity index (χ4v) is 1.41. The number of pyridine rings is 1. The Labute approximate surface area is 107 Å². The molecule has 0 spiro atoms. The Morgan fingerprint density at radius 3 is 2.15 bits per heavy atom. The zero-order chi connectivity index (χ0) is 15.1. The molecular formula is C10H6F6N4. The van der Waals surface area contributed by atoms with Crippen LogP contribution in [0, 0.1) is 0 Å². The van der Waals surface area contributed by atoms with E-state index in [1.54, 1.807) is 0 Å². The molecule has 0 saturated heterocycles. The molecule has 2 aromatic heterocycles. The summed E-state index contributed by atoms with van der Waals surface area (Å²) in [6.07, 6.45) is -7.62. The molecule has 0 aliphatic heterocycles. The van der Waals surface area contributed by atoms with Gasteiger partial charge in [0.1, 0.15) is 5.69 Å². The summed E-state index contributed by atoms with van der Waals surface area (Å²) in [6.45, 7) is 0.